The summed E-state index contributed by atoms with van der Waals surface area (Å²) in [7, 11) is 3.93. The van der Waals surface area contributed by atoms with Gasteiger partial charge in [-0.25, -0.2) is 4.39 Å². The molecule has 0 spiro atoms. The maximum atomic E-state index is 13.2. The summed E-state index contributed by atoms with van der Waals surface area (Å²) in [5, 5.41) is 6.63. The summed E-state index contributed by atoms with van der Waals surface area (Å²) < 4.78 is 13.2. The predicted molar refractivity (Wildman–Crippen MR) is 100 cm³/mol. The average molecular weight is 420 g/mol. The Morgan fingerprint density at radius 2 is 2.18 bits per heavy atom. The van der Waals surface area contributed by atoms with E-state index in [9.17, 15) is 4.39 Å². The number of likely N-dealkylation sites (N-methyl/N-ethyl adjacent to an activating group) is 1. The first-order valence-electron chi connectivity index (χ1n) is 7.50. The summed E-state index contributed by atoms with van der Waals surface area (Å²) in [5.41, 5.74) is 1.72. The van der Waals surface area contributed by atoms with Crippen LogP contribution in [0.25, 0.3) is 0 Å². The van der Waals surface area contributed by atoms with Gasteiger partial charge >= 0.3 is 0 Å². The van der Waals surface area contributed by atoms with Gasteiger partial charge in [0.1, 0.15) is 5.82 Å². The summed E-state index contributed by atoms with van der Waals surface area (Å²) in [4.78, 5) is 6.61. The fourth-order valence-corrected chi connectivity index (χ4v) is 2.67. The van der Waals surface area contributed by atoms with Crippen LogP contribution in [0.1, 0.15) is 24.0 Å². The first-order valence-corrected chi connectivity index (χ1v) is 7.50. The van der Waals surface area contributed by atoms with Crippen LogP contribution in [0, 0.1) is 12.7 Å². The molecule has 0 saturated carbocycles. The van der Waals surface area contributed by atoms with Gasteiger partial charge in [-0.3, -0.25) is 4.99 Å². The number of likely N-dealkylation sites (tertiary alicyclic amines) is 1. The zero-order valence-corrected chi connectivity index (χ0v) is 15.9. The van der Waals surface area contributed by atoms with Crippen LogP contribution in [0.4, 0.5) is 4.39 Å². The standard InChI is InChI=1S/C16H25FN4.HI/c1-12-9-13(6-7-15(12)17)10-19-16(18-2)20-11-14-5-4-8-21(14)3;/h6-7,9,14H,4-5,8,10-11H2,1-3H3,(H2,18,19,20);1H. The van der Waals surface area contributed by atoms with Gasteiger partial charge in [0.05, 0.1) is 0 Å². The molecule has 1 heterocycles. The third-order valence-electron chi connectivity index (χ3n) is 4.08. The van der Waals surface area contributed by atoms with Gasteiger partial charge in [0, 0.05) is 26.2 Å². The molecule has 0 radical (unpaired) electrons. The Balaban J connectivity index is 0.00000242. The van der Waals surface area contributed by atoms with Crippen molar-refractivity contribution >= 4 is 29.9 Å². The quantitative estimate of drug-likeness (QED) is 0.447. The van der Waals surface area contributed by atoms with E-state index in [1.807, 2.05) is 6.07 Å². The van der Waals surface area contributed by atoms with Gasteiger partial charge in [-0.05, 0) is 50.6 Å². The maximum Gasteiger partial charge on any atom is 0.191 e. The molecule has 1 aliphatic rings. The molecule has 6 heteroatoms. The second-order valence-corrected chi connectivity index (χ2v) is 5.67. The summed E-state index contributed by atoms with van der Waals surface area (Å²) in [5.74, 6) is 0.628. The Labute approximate surface area is 149 Å². The number of benzene rings is 1. The highest BCUT2D eigenvalue weighted by Gasteiger charge is 2.20. The van der Waals surface area contributed by atoms with Crippen LogP contribution in [-0.2, 0) is 6.54 Å². The largest absolute Gasteiger partial charge is 0.355 e. The second-order valence-electron chi connectivity index (χ2n) is 5.67. The number of aliphatic imine (C=N–C) groups is 1. The first kappa shape index (κ1) is 19.2. The third kappa shape index (κ3) is 5.39. The minimum atomic E-state index is -0.162. The highest BCUT2D eigenvalue weighted by atomic mass is 127. The lowest BCUT2D eigenvalue weighted by Crippen LogP contribution is -2.43. The molecule has 0 aromatic heterocycles. The predicted octanol–water partition coefficient (Wildman–Crippen LogP) is 2.51. The van der Waals surface area contributed by atoms with Crippen LogP contribution < -0.4 is 10.6 Å². The van der Waals surface area contributed by atoms with Crippen LogP contribution in [-0.4, -0.2) is 44.1 Å². The third-order valence-corrected chi connectivity index (χ3v) is 4.08. The number of halogens is 2. The molecule has 0 amide bonds. The van der Waals surface area contributed by atoms with Gasteiger partial charge < -0.3 is 15.5 Å². The van der Waals surface area contributed by atoms with E-state index in [1.54, 1.807) is 20.0 Å². The van der Waals surface area contributed by atoms with E-state index in [2.05, 4.69) is 27.6 Å². The minimum Gasteiger partial charge on any atom is -0.355 e. The lowest BCUT2D eigenvalue weighted by Gasteiger charge is -2.21. The van der Waals surface area contributed by atoms with Gasteiger partial charge in [-0.2, -0.15) is 0 Å². The Kier molecular flexibility index (Phi) is 8.09. The number of rotatable bonds is 4. The number of guanidine groups is 1. The highest BCUT2D eigenvalue weighted by Crippen LogP contribution is 2.13. The van der Waals surface area contributed by atoms with Gasteiger partial charge in [-0.15, -0.1) is 24.0 Å². The molecule has 1 atom stereocenters. The van der Waals surface area contributed by atoms with Gasteiger partial charge in [0.15, 0.2) is 5.96 Å². The second kappa shape index (κ2) is 9.29. The lowest BCUT2D eigenvalue weighted by molar-refractivity contribution is 0.309. The molecule has 1 aromatic rings. The van der Waals surface area contributed by atoms with Crippen LogP contribution in [0.5, 0.6) is 0 Å². The lowest BCUT2D eigenvalue weighted by atomic mass is 10.1. The molecule has 2 N–H and O–H groups in total. The number of aryl methyl sites for hydroxylation is 1. The molecule has 1 aromatic carbocycles. The van der Waals surface area contributed by atoms with E-state index in [-0.39, 0.29) is 29.8 Å². The molecule has 0 bridgehead atoms. The fourth-order valence-electron chi connectivity index (χ4n) is 2.67. The zero-order valence-electron chi connectivity index (χ0n) is 13.5. The molecule has 1 unspecified atom stereocenters. The van der Waals surface area contributed by atoms with E-state index in [1.165, 1.54) is 25.5 Å². The van der Waals surface area contributed by atoms with Gasteiger partial charge in [0.25, 0.3) is 0 Å². The summed E-state index contributed by atoms with van der Waals surface area (Å²) >= 11 is 0. The van der Waals surface area contributed by atoms with Crippen LogP contribution in [0.15, 0.2) is 23.2 Å². The molecule has 1 saturated heterocycles. The summed E-state index contributed by atoms with van der Waals surface area (Å²) in [6.45, 7) is 4.50. The number of hydrogen-bond donors (Lipinski definition) is 2. The van der Waals surface area contributed by atoms with Crippen LogP contribution in [0.3, 0.4) is 0 Å². The van der Waals surface area contributed by atoms with Crippen LogP contribution in [0.2, 0.25) is 0 Å². The molecule has 0 aliphatic carbocycles. The average Bonchev–Trinajstić information content (AvgIpc) is 2.88. The smallest absolute Gasteiger partial charge is 0.191 e. The first-order chi connectivity index (χ1) is 10.1. The Hall–Kier alpha value is -0.890. The number of nitrogens with zero attached hydrogens (tertiary/aromatic N) is 2. The van der Waals surface area contributed by atoms with Crippen molar-refractivity contribution in [1.82, 2.24) is 15.5 Å². The molecule has 22 heavy (non-hydrogen) atoms. The summed E-state index contributed by atoms with van der Waals surface area (Å²) in [6.07, 6.45) is 2.50. The SMILES string of the molecule is CN=C(NCc1ccc(F)c(C)c1)NCC1CCCN1C.I. The Morgan fingerprint density at radius 3 is 2.77 bits per heavy atom. The molecule has 2 rings (SSSR count). The van der Waals surface area contributed by atoms with Crippen molar-refractivity contribution in [3.8, 4) is 0 Å². The van der Waals surface area contributed by atoms with E-state index in [0.29, 0.717) is 18.2 Å². The Morgan fingerprint density at radius 1 is 1.41 bits per heavy atom. The molecular formula is C16H26FIN4. The molecule has 124 valence electrons. The number of nitrogens with one attached hydrogen (secondary N) is 2. The highest BCUT2D eigenvalue weighted by molar-refractivity contribution is 14.0. The van der Waals surface area contributed by atoms with E-state index >= 15 is 0 Å². The maximum absolute atomic E-state index is 13.2. The summed E-state index contributed by atoms with van der Waals surface area (Å²) in [6, 6.07) is 5.75. The minimum absolute atomic E-state index is 0. The van der Waals surface area contributed by atoms with Crippen molar-refractivity contribution in [2.75, 3.05) is 27.2 Å². The monoisotopic (exact) mass is 420 g/mol. The Bertz CT molecular complexity index is 507. The van der Waals surface area contributed by atoms with Crippen molar-refractivity contribution in [2.24, 2.45) is 4.99 Å². The van der Waals surface area contributed by atoms with Crippen molar-refractivity contribution in [3.63, 3.8) is 0 Å². The van der Waals surface area contributed by atoms with E-state index in [0.717, 1.165) is 18.1 Å². The topological polar surface area (TPSA) is 39.7 Å². The van der Waals surface area contributed by atoms with E-state index < -0.39 is 0 Å². The van der Waals surface area contributed by atoms with Crippen LogP contribution >= 0.6 is 24.0 Å². The van der Waals surface area contributed by atoms with Gasteiger partial charge in [-0.1, -0.05) is 12.1 Å². The molecule has 1 aliphatic heterocycles. The van der Waals surface area contributed by atoms with Crippen molar-refractivity contribution in [3.05, 3.63) is 35.1 Å². The normalized spacial score (nSPS) is 18.9. The molecule has 4 nitrogen and oxygen atoms in total. The fraction of sp³-hybridized carbons (Fsp3) is 0.562. The van der Waals surface area contributed by atoms with Crippen molar-refractivity contribution in [1.29, 1.82) is 0 Å². The zero-order chi connectivity index (χ0) is 15.2. The van der Waals surface area contributed by atoms with E-state index in [4.69, 9.17) is 0 Å². The van der Waals surface area contributed by atoms with Gasteiger partial charge in [0.2, 0.25) is 0 Å². The number of hydrogen-bond acceptors (Lipinski definition) is 2. The molecular weight excluding hydrogens is 394 g/mol. The molecule has 1 fully saturated rings. The van der Waals surface area contributed by atoms with Crippen molar-refractivity contribution in [2.45, 2.75) is 32.4 Å². The van der Waals surface area contributed by atoms with Crippen molar-refractivity contribution < 1.29 is 4.39 Å².